The summed E-state index contributed by atoms with van der Waals surface area (Å²) in [6.07, 6.45) is 3.69. The van der Waals surface area contributed by atoms with Gasteiger partial charge < -0.3 is 9.13 Å². The van der Waals surface area contributed by atoms with Crippen LogP contribution in [-0.2, 0) is 0 Å². The lowest BCUT2D eigenvalue weighted by atomic mass is 9.98. The fourth-order valence-electron chi connectivity index (χ4n) is 7.93. The molecule has 4 nitrogen and oxygen atoms in total. The first kappa shape index (κ1) is 29.7. The molecule has 0 saturated heterocycles. The summed E-state index contributed by atoms with van der Waals surface area (Å²) in [5.41, 5.74) is 13.5. The lowest BCUT2D eigenvalue weighted by Crippen LogP contribution is -2.05. The summed E-state index contributed by atoms with van der Waals surface area (Å²) in [5, 5.41) is 15.3. The molecule has 10 aromatic rings. The molecule has 0 unspecified atom stereocenters. The van der Waals surface area contributed by atoms with Gasteiger partial charge in [-0.25, -0.2) is 0 Å². The zero-order valence-corrected chi connectivity index (χ0v) is 28.1. The van der Waals surface area contributed by atoms with Crippen molar-refractivity contribution in [2.24, 2.45) is 0 Å². The predicted octanol–water partition coefficient (Wildman–Crippen LogP) is 12.1. The lowest BCUT2D eigenvalue weighted by molar-refractivity contribution is 1.13. The van der Waals surface area contributed by atoms with Crippen molar-refractivity contribution in [3.8, 4) is 50.8 Å². The van der Waals surface area contributed by atoms with E-state index < -0.39 is 0 Å². The van der Waals surface area contributed by atoms with Crippen molar-refractivity contribution in [3.63, 3.8) is 0 Å². The lowest BCUT2D eigenvalue weighted by Gasteiger charge is -2.21. The van der Waals surface area contributed by atoms with E-state index in [0.29, 0.717) is 5.56 Å². The van der Waals surface area contributed by atoms with E-state index in [2.05, 4.69) is 166 Å². The van der Waals surface area contributed by atoms with Gasteiger partial charge in [0.05, 0.1) is 45.1 Å². The van der Waals surface area contributed by atoms with Crippen LogP contribution in [0.2, 0.25) is 0 Å². The van der Waals surface area contributed by atoms with Crippen LogP contribution in [0.25, 0.3) is 88.4 Å². The molecule has 0 aliphatic rings. The number of para-hydroxylation sites is 2. The third-order valence-corrected chi connectivity index (χ3v) is 10.2. The van der Waals surface area contributed by atoms with Crippen LogP contribution in [-0.4, -0.2) is 14.1 Å². The van der Waals surface area contributed by atoms with E-state index in [1.165, 1.54) is 11.1 Å². The Labute approximate surface area is 300 Å². The molecule has 7 aromatic carbocycles. The Bertz CT molecular complexity index is 2820. The molecule has 0 radical (unpaired) electrons. The smallest absolute Gasteiger partial charge is 0.0993 e. The molecule has 10 rings (SSSR count). The maximum absolute atomic E-state index is 10.6. The van der Waals surface area contributed by atoms with Crippen LogP contribution in [0.5, 0.6) is 0 Å². The maximum atomic E-state index is 10.6. The van der Waals surface area contributed by atoms with Crippen molar-refractivity contribution >= 4 is 43.6 Å². The molecule has 0 saturated carbocycles. The van der Waals surface area contributed by atoms with Crippen molar-refractivity contribution in [2.45, 2.75) is 0 Å². The minimum absolute atomic E-state index is 0.585. The summed E-state index contributed by atoms with van der Waals surface area (Å²) >= 11 is 0. The van der Waals surface area contributed by atoms with E-state index in [4.69, 9.17) is 0 Å². The molecule has 52 heavy (non-hydrogen) atoms. The number of benzene rings is 7. The molecular weight excluding hydrogens is 633 g/mol. The topological polar surface area (TPSA) is 46.5 Å². The van der Waals surface area contributed by atoms with Gasteiger partial charge in [0.1, 0.15) is 0 Å². The molecule has 0 atom stereocenters. The van der Waals surface area contributed by atoms with Crippen LogP contribution in [0.3, 0.4) is 0 Å². The number of pyridine rings is 1. The average molecular weight is 663 g/mol. The van der Waals surface area contributed by atoms with Crippen molar-refractivity contribution in [2.75, 3.05) is 0 Å². The minimum atomic E-state index is 0.585. The second kappa shape index (κ2) is 12.0. The van der Waals surface area contributed by atoms with Gasteiger partial charge in [-0.3, -0.25) is 4.98 Å². The highest BCUT2D eigenvalue weighted by atomic mass is 15.0. The van der Waals surface area contributed by atoms with Crippen LogP contribution in [0.15, 0.2) is 182 Å². The monoisotopic (exact) mass is 662 g/mol. The number of hydrogen-bond donors (Lipinski definition) is 0. The van der Waals surface area contributed by atoms with E-state index in [1.807, 2.05) is 36.7 Å². The first-order valence-corrected chi connectivity index (χ1v) is 17.4. The molecule has 0 bridgehead atoms. The molecular formula is C48H30N4. The second-order valence-corrected chi connectivity index (χ2v) is 13.1. The van der Waals surface area contributed by atoms with Gasteiger partial charge in [0.25, 0.3) is 0 Å². The standard InChI is InChI=1S/C48H30N4/c49-31-32-27-46(51-42-17-9-7-15-38(42)40-29-36(19-21-44(40)51)33-11-3-1-4-12-33)48(35-23-25-50-26-24-35)47(28-32)52-43-18-10-8-16-39(43)41-30-37(20-22-45(41)52)34-13-5-2-6-14-34/h1-30H. The first-order chi connectivity index (χ1) is 25.8. The Balaban J connectivity index is 1.32. The van der Waals surface area contributed by atoms with E-state index in [1.54, 1.807) is 0 Å². The summed E-state index contributed by atoms with van der Waals surface area (Å²) in [5.74, 6) is 0. The third kappa shape index (κ3) is 4.65. The van der Waals surface area contributed by atoms with Gasteiger partial charge in [-0.1, -0.05) is 109 Å². The second-order valence-electron chi connectivity index (χ2n) is 13.1. The number of fused-ring (bicyclic) bond motifs is 6. The fraction of sp³-hybridized carbons (Fsp3) is 0. The van der Waals surface area contributed by atoms with Crippen molar-refractivity contribution < 1.29 is 0 Å². The molecule has 0 spiro atoms. The summed E-state index contributed by atoms with van der Waals surface area (Å²) in [4.78, 5) is 4.40. The van der Waals surface area contributed by atoms with Gasteiger partial charge in [-0.05, 0) is 88.5 Å². The van der Waals surface area contributed by atoms with Gasteiger partial charge in [-0.2, -0.15) is 5.26 Å². The van der Waals surface area contributed by atoms with Gasteiger partial charge in [0.15, 0.2) is 0 Å². The normalized spacial score (nSPS) is 11.4. The molecule has 0 aliphatic carbocycles. The van der Waals surface area contributed by atoms with E-state index in [0.717, 1.165) is 77.2 Å². The predicted molar refractivity (Wildman–Crippen MR) is 214 cm³/mol. The number of nitriles is 1. The molecule has 242 valence electrons. The Hall–Kier alpha value is -7.22. The van der Waals surface area contributed by atoms with E-state index >= 15 is 0 Å². The molecule has 0 aliphatic heterocycles. The van der Waals surface area contributed by atoms with Gasteiger partial charge in [0, 0.05) is 39.5 Å². The fourth-order valence-corrected chi connectivity index (χ4v) is 7.93. The minimum Gasteiger partial charge on any atom is -0.308 e. The zero-order chi connectivity index (χ0) is 34.6. The van der Waals surface area contributed by atoms with Gasteiger partial charge in [0.2, 0.25) is 0 Å². The number of aromatic nitrogens is 3. The summed E-state index contributed by atoms with van der Waals surface area (Å²) in [7, 11) is 0. The summed E-state index contributed by atoms with van der Waals surface area (Å²) < 4.78 is 4.67. The summed E-state index contributed by atoms with van der Waals surface area (Å²) in [6, 6.07) is 62.3. The molecule has 3 aromatic heterocycles. The Morgan fingerprint density at radius 1 is 0.385 bits per heavy atom. The average Bonchev–Trinajstić information content (AvgIpc) is 3.73. The van der Waals surface area contributed by atoms with E-state index in [-0.39, 0.29) is 0 Å². The van der Waals surface area contributed by atoms with Crippen molar-refractivity contribution in [3.05, 3.63) is 188 Å². The molecule has 0 amide bonds. The number of nitrogens with zero attached hydrogens (tertiary/aromatic N) is 4. The molecule has 3 heterocycles. The van der Waals surface area contributed by atoms with Crippen LogP contribution in [0.4, 0.5) is 0 Å². The number of rotatable bonds is 5. The highest BCUT2D eigenvalue weighted by Crippen LogP contribution is 2.43. The van der Waals surface area contributed by atoms with Gasteiger partial charge in [-0.15, -0.1) is 0 Å². The first-order valence-electron chi connectivity index (χ1n) is 17.4. The zero-order valence-electron chi connectivity index (χ0n) is 28.1. The summed E-state index contributed by atoms with van der Waals surface area (Å²) in [6.45, 7) is 0. The van der Waals surface area contributed by atoms with Crippen LogP contribution in [0.1, 0.15) is 5.56 Å². The maximum Gasteiger partial charge on any atom is 0.0993 e. The Morgan fingerprint density at radius 3 is 1.31 bits per heavy atom. The molecule has 0 N–H and O–H groups in total. The highest BCUT2D eigenvalue weighted by Gasteiger charge is 2.23. The third-order valence-electron chi connectivity index (χ3n) is 10.2. The van der Waals surface area contributed by atoms with E-state index in [9.17, 15) is 5.26 Å². The SMILES string of the molecule is N#Cc1cc(-n2c3ccccc3c3cc(-c4ccccc4)ccc32)c(-c2ccncc2)c(-n2c3ccccc3c3cc(-c4ccccc4)ccc32)c1. The molecule has 0 fully saturated rings. The molecule has 4 heteroatoms. The van der Waals surface area contributed by atoms with Gasteiger partial charge >= 0.3 is 0 Å². The largest absolute Gasteiger partial charge is 0.308 e. The Kier molecular flexibility index (Phi) is 6.84. The van der Waals surface area contributed by atoms with Crippen LogP contribution < -0.4 is 0 Å². The van der Waals surface area contributed by atoms with Crippen LogP contribution >= 0.6 is 0 Å². The van der Waals surface area contributed by atoms with Crippen molar-refractivity contribution in [1.82, 2.24) is 14.1 Å². The number of hydrogen-bond acceptors (Lipinski definition) is 2. The highest BCUT2D eigenvalue weighted by molar-refractivity contribution is 6.13. The van der Waals surface area contributed by atoms with Crippen LogP contribution in [0, 0.1) is 11.3 Å². The van der Waals surface area contributed by atoms with Crippen molar-refractivity contribution in [1.29, 1.82) is 5.26 Å². The Morgan fingerprint density at radius 2 is 0.827 bits per heavy atom. The quantitative estimate of drug-likeness (QED) is 0.184.